The van der Waals surface area contributed by atoms with Crippen molar-refractivity contribution in [2.24, 2.45) is 0 Å². The number of fused-ring (bicyclic) bond motifs is 1. The lowest BCUT2D eigenvalue weighted by atomic mass is 10.1. The second-order valence-corrected chi connectivity index (χ2v) is 9.08. The van der Waals surface area contributed by atoms with Crippen molar-refractivity contribution in [1.29, 1.82) is 0 Å². The molecule has 0 spiro atoms. The number of thioether (sulfide) groups is 1. The fraction of sp³-hybridized carbons (Fsp3) is 0.154. The van der Waals surface area contributed by atoms with E-state index >= 15 is 0 Å². The summed E-state index contributed by atoms with van der Waals surface area (Å²) in [5.74, 6) is -1.30. The van der Waals surface area contributed by atoms with Crippen molar-refractivity contribution in [1.82, 2.24) is 14.9 Å². The highest BCUT2D eigenvalue weighted by atomic mass is 32.2. The van der Waals surface area contributed by atoms with Crippen molar-refractivity contribution in [3.8, 4) is 5.69 Å². The van der Waals surface area contributed by atoms with Gasteiger partial charge in [-0.3, -0.25) is 19.0 Å². The lowest BCUT2D eigenvalue weighted by Crippen LogP contribution is -2.27. The SMILES string of the molecule is O=C(CSc1nc2ccccc2c(=O)n1-c1ccccc1F)Nc1ccccc1C(=O)NC1CC1. The lowest BCUT2D eigenvalue weighted by Gasteiger charge is -2.14. The average molecular weight is 489 g/mol. The van der Waals surface area contributed by atoms with Crippen molar-refractivity contribution >= 4 is 40.2 Å². The number of benzene rings is 3. The molecule has 1 fully saturated rings. The van der Waals surface area contributed by atoms with Gasteiger partial charge in [0.25, 0.3) is 11.5 Å². The van der Waals surface area contributed by atoms with Crippen LogP contribution in [0.1, 0.15) is 23.2 Å². The number of nitrogens with one attached hydrogen (secondary N) is 2. The molecule has 9 heteroatoms. The Bertz CT molecular complexity index is 1500. The Kier molecular flexibility index (Phi) is 6.33. The minimum atomic E-state index is -0.575. The molecule has 7 nitrogen and oxygen atoms in total. The largest absolute Gasteiger partial charge is 0.349 e. The fourth-order valence-electron chi connectivity index (χ4n) is 3.65. The number of carbonyl (C=O) groups excluding carboxylic acids is 2. The van der Waals surface area contributed by atoms with E-state index in [1.807, 2.05) is 0 Å². The van der Waals surface area contributed by atoms with Crippen LogP contribution in [-0.4, -0.2) is 33.2 Å². The summed E-state index contributed by atoms with van der Waals surface area (Å²) >= 11 is 1.01. The molecule has 1 aromatic heterocycles. The van der Waals surface area contributed by atoms with E-state index in [1.165, 1.54) is 22.8 Å². The first-order valence-corrected chi connectivity index (χ1v) is 12.1. The van der Waals surface area contributed by atoms with Gasteiger partial charge in [-0.2, -0.15) is 0 Å². The number of anilines is 1. The number of halogens is 1. The highest BCUT2D eigenvalue weighted by Crippen LogP contribution is 2.24. The number of hydrogen-bond acceptors (Lipinski definition) is 5. The van der Waals surface area contributed by atoms with Gasteiger partial charge >= 0.3 is 0 Å². The van der Waals surface area contributed by atoms with Crippen LogP contribution in [0.2, 0.25) is 0 Å². The number of para-hydroxylation sites is 3. The smallest absolute Gasteiger partial charge is 0.266 e. The number of carbonyl (C=O) groups is 2. The van der Waals surface area contributed by atoms with Crippen molar-refractivity contribution in [3.63, 3.8) is 0 Å². The summed E-state index contributed by atoms with van der Waals surface area (Å²) in [6.45, 7) is 0. The van der Waals surface area contributed by atoms with Crippen LogP contribution in [0.4, 0.5) is 10.1 Å². The molecule has 2 amide bonds. The van der Waals surface area contributed by atoms with Gasteiger partial charge in [0.15, 0.2) is 5.16 Å². The Morgan fingerprint density at radius 1 is 1.00 bits per heavy atom. The maximum Gasteiger partial charge on any atom is 0.266 e. The average Bonchev–Trinajstić information content (AvgIpc) is 3.68. The number of nitrogens with zero attached hydrogens (tertiary/aromatic N) is 2. The molecule has 0 atom stereocenters. The second kappa shape index (κ2) is 9.71. The molecule has 4 aromatic rings. The van der Waals surface area contributed by atoms with E-state index in [4.69, 9.17) is 0 Å². The van der Waals surface area contributed by atoms with Gasteiger partial charge in [0.05, 0.1) is 33.6 Å². The van der Waals surface area contributed by atoms with E-state index < -0.39 is 11.4 Å². The maximum atomic E-state index is 14.6. The molecule has 3 aromatic carbocycles. The summed E-state index contributed by atoms with van der Waals surface area (Å²) in [6, 6.07) is 19.7. The van der Waals surface area contributed by atoms with Gasteiger partial charge in [-0.25, -0.2) is 9.37 Å². The molecule has 1 aliphatic carbocycles. The van der Waals surface area contributed by atoms with Gasteiger partial charge in [0, 0.05) is 6.04 Å². The summed E-state index contributed by atoms with van der Waals surface area (Å²) in [5.41, 5.74) is 0.862. The zero-order chi connectivity index (χ0) is 24.4. The van der Waals surface area contributed by atoms with Gasteiger partial charge in [-0.1, -0.05) is 48.2 Å². The van der Waals surface area contributed by atoms with Crippen molar-refractivity contribution in [2.75, 3.05) is 11.1 Å². The molecule has 1 saturated carbocycles. The predicted molar refractivity (Wildman–Crippen MR) is 134 cm³/mol. The third-order valence-electron chi connectivity index (χ3n) is 5.53. The van der Waals surface area contributed by atoms with Crippen LogP contribution in [0.25, 0.3) is 16.6 Å². The van der Waals surface area contributed by atoms with Crippen LogP contribution < -0.4 is 16.2 Å². The quantitative estimate of drug-likeness (QED) is 0.301. The molecule has 0 unspecified atom stereocenters. The first-order valence-electron chi connectivity index (χ1n) is 11.1. The molecular weight excluding hydrogens is 467 g/mol. The van der Waals surface area contributed by atoms with Crippen molar-refractivity contribution in [2.45, 2.75) is 24.0 Å². The van der Waals surface area contributed by atoms with E-state index in [0.29, 0.717) is 22.2 Å². The minimum absolute atomic E-state index is 0.0563. The highest BCUT2D eigenvalue weighted by Gasteiger charge is 2.25. The third-order valence-corrected chi connectivity index (χ3v) is 6.47. The normalized spacial score (nSPS) is 12.9. The summed E-state index contributed by atoms with van der Waals surface area (Å²) in [7, 11) is 0. The number of aromatic nitrogens is 2. The van der Waals surface area contributed by atoms with Gasteiger partial charge in [0.2, 0.25) is 5.91 Å². The minimum Gasteiger partial charge on any atom is -0.349 e. The third kappa shape index (κ3) is 4.95. The number of rotatable bonds is 7. The molecule has 176 valence electrons. The summed E-state index contributed by atoms with van der Waals surface area (Å²) in [5, 5.41) is 6.22. The molecule has 0 saturated heterocycles. The maximum absolute atomic E-state index is 14.6. The molecule has 1 heterocycles. The van der Waals surface area contributed by atoms with Crippen LogP contribution in [-0.2, 0) is 4.79 Å². The van der Waals surface area contributed by atoms with Gasteiger partial charge in [-0.05, 0) is 49.2 Å². The zero-order valence-electron chi connectivity index (χ0n) is 18.5. The fourth-order valence-corrected chi connectivity index (χ4v) is 4.46. The zero-order valence-corrected chi connectivity index (χ0v) is 19.3. The molecule has 5 rings (SSSR count). The standard InChI is InChI=1S/C26H21FN4O3S/c27-19-9-3-6-12-22(19)31-25(34)18-8-2-5-11-21(18)30-26(31)35-15-23(32)29-20-10-4-1-7-17(20)24(33)28-16-13-14-16/h1-12,16H,13-15H2,(H,28,33)(H,29,32). The Hall–Kier alpha value is -3.98. The van der Waals surface area contributed by atoms with E-state index in [0.717, 1.165) is 24.6 Å². The van der Waals surface area contributed by atoms with Crippen molar-refractivity contribution < 1.29 is 14.0 Å². The van der Waals surface area contributed by atoms with Gasteiger partial charge in [-0.15, -0.1) is 0 Å². The van der Waals surface area contributed by atoms with Gasteiger partial charge in [0.1, 0.15) is 5.82 Å². The monoisotopic (exact) mass is 488 g/mol. The first kappa shape index (κ1) is 22.8. The van der Waals surface area contributed by atoms with E-state index in [-0.39, 0.29) is 34.5 Å². The Morgan fingerprint density at radius 2 is 1.71 bits per heavy atom. The van der Waals surface area contributed by atoms with Crippen molar-refractivity contribution in [3.05, 3.63) is 94.5 Å². The highest BCUT2D eigenvalue weighted by molar-refractivity contribution is 7.99. The Morgan fingerprint density at radius 3 is 2.51 bits per heavy atom. The van der Waals surface area contributed by atoms with Crippen LogP contribution >= 0.6 is 11.8 Å². The summed E-state index contributed by atoms with van der Waals surface area (Å²) < 4.78 is 15.8. The topological polar surface area (TPSA) is 93.1 Å². The first-order chi connectivity index (χ1) is 17.0. The van der Waals surface area contributed by atoms with Crippen LogP contribution in [0.5, 0.6) is 0 Å². The Balaban J connectivity index is 1.41. The Labute approximate surface area is 204 Å². The second-order valence-electron chi connectivity index (χ2n) is 8.13. The van der Waals surface area contributed by atoms with Crippen LogP contribution in [0.3, 0.4) is 0 Å². The van der Waals surface area contributed by atoms with E-state index in [1.54, 1.807) is 54.6 Å². The molecule has 2 N–H and O–H groups in total. The molecular formula is C26H21FN4O3S. The molecule has 0 bridgehead atoms. The molecule has 0 radical (unpaired) electrons. The summed E-state index contributed by atoms with van der Waals surface area (Å²) in [4.78, 5) is 43.1. The lowest BCUT2D eigenvalue weighted by molar-refractivity contribution is -0.113. The van der Waals surface area contributed by atoms with Gasteiger partial charge < -0.3 is 10.6 Å². The summed E-state index contributed by atoms with van der Waals surface area (Å²) in [6.07, 6.45) is 1.92. The number of hydrogen-bond donors (Lipinski definition) is 2. The number of amides is 2. The predicted octanol–water partition coefficient (Wildman–Crippen LogP) is 4.15. The molecule has 0 aliphatic heterocycles. The van der Waals surface area contributed by atoms with Crippen LogP contribution in [0, 0.1) is 5.82 Å². The molecule has 35 heavy (non-hydrogen) atoms. The van der Waals surface area contributed by atoms with Crippen LogP contribution in [0.15, 0.2) is 82.7 Å². The van der Waals surface area contributed by atoms with E-state index in [9.17, 15) is 18.8 Å². The van der Waals surface area contributed by atoms with E-state index in [2.05, 4.69) is 15.6 Å². The molecule has 1 aliphatic rings.